The van der Waals surface area contributed by atoms with Gasteiger partial charge >= 0.3 is 0 Å². The van der Waals surface area contributed by atoms with Crippen molar-refractivity contribution in [3.8, 4) is 5.82 Å². The Kier molecular flexibility index (Phi) is 5.52. The molecule has 0 atom stereocenters. The van der Waals surface area contributed by atoms with E-state index in [0.29, 0.717) is 36.8 Å². The molecule has 0 aliphatic carbocycles. The molecule has 8 nitrogen and oxygen atoms in total. The molecule has 1 aliphatic heterocycles. The smallest absolute Gasteiger partial charge is 0.243 e. The van der Waals surface area contributed by atoms with Crippen LogP contribution < -0.4 is 4.90 Å². The first-order valence-electron chi connectivity index (χ1n) is 9.62. The van der Waals surface area contributed by atoms with Gasteiger partial charge in [0.2, 0.25) is 10.0 Å². The van der Waals surface area contributed by atoms with E-state index in [0.717, 1.165) is 23.0 Å². The maximum Gasteiger partial charge on any atom is 0.243 e. The molecule has 0 unspecified atom stereocenters. The lowest BCUT2D eigenvalue weighted by atomic mass is 10.2. The van der Waals surface area contributed by atoms with Gasteiger partial charge in [0, 0.05) is 43.0 Å². The first kappa shape index (κ1) is 20.8. The Bertz CT molecular complexity index is 1190. The maximum absolute atomic E-state index is 13.1. The van der Waals surface area contributed by atoms with Gasteiger partial charge in [-0.05, 0) is 38.5 Å². The highest BCUT2D eigenvalue weighted by molar-refractivity contribution is 7.89. The van der Waals surface area contributed by atoms with Gasteiger partial charge in [0.25, 0.3) is 0 Å². The number of hydrogen-bond donors (Lipinski definition) is 0. The van der Waals surface area contributed by atoms with Gasteiger partial charge in [-0.25, -0.2) is 23.4 Å². The van der Waals surface area contributed by atoms with Crippen LogP contribution in [0.3, 0.4) is 0 Å². The molecule has 0 saturated carbocycles. The van der Waals surface area contributed by atoms with Crippen LogP contribution in [0.25, 0.3) is 5.82 Å². The predicted molar refractivity (Wildman–Crippen MR) is 116 cm³/mol. The van der Waals surface area contributed by atoms with Crippen LogP contribution in [0.2, 0.25) is 5.02 Å². The topological polar surface area (TPSA) is 84.2 Å². The lowest BCUT2D eigenvalue weighted by molar-refractivity contribution is 0.383. The second-order valence-corrected chi connectivity index (χ2v) is 9.59. The molecular weight excluding hydrogens is 424 g/mol. The van der Waals surface area contributed by atoms with E-state index in [9.17, 15) is 8.42 Å². The highest BCUT2D eigenvalue weighted by Crippen LogP contribution is 2.27. The normalized spacial score (nSPS) is 15.5. The van der Waals surface area contributed by atoms with Gasteiger partial charge < -0.3 is 4.90 Å². The molecular formula is C20H23ClN6O2S. The summed E-state index contributed by atoms with van der Waals surface area (Å²) in [5.74, 6) is 1.50. The van der Waals surface area contributed by atoms with Crippen molar-refractivity contribution in [1.29, 1.82) is 0 Å². The van der Waals surface area contributed by atoms with Crippen LogP contribution in [0.15, 0.2) is 41.8 Å². The van der Waals surface area contributed by atoms with Gasteiger partial charge in [-0.2, -0.15) is 4.31 Å². The highest BCUT2D eigenvalue weighted by Gasteiger charge is 2.30. The molecule has 3 aromatic rings. The third-order valence-corrected chi connectivity index (χ3v) is 7.99. The number of halogens is 1. The average Bonchev–Trinajstić information content (AvgIpc) is 3.08. The van der Waals surface area contributed by atoms with Crippen LogP contribution >= 0.6 is 11.6 Å². The van der Waals surface area contributed by atoms with Crippen molar-refractivity contribution in [2.45, 2.75) is 25.7 Å². The van der Waals surface area contributed by atoms with Crippen molar-refractivity contribution in [2.24, 2.45) is 0 Å². The van der Waals surface area contributed by atoms with Gasteiger partial charge in [0.15, 0.2) is 0 Å². The summed E-state index contributed by atoms with van der Waals surface area (Å²) < 4.78 is 29.6. The lowest BCUT2D eigenvalue weighted by Crippen LogP contribution is -2.49. The molecule has 1 fully saturated rings. The van der Waals surface area contributed by atoms with E-state index in [2.05, 4.69) is 19.9 Å². The van der Waals surface area contributed by atoms with Crippen molar-refractivity contribution in [1.82, 2.24) is 23.8 Å². The Morgan fingerprint density at radius 2 is 1.67 bits per heavy atom. The standard InChI is InChI=1S/C20H23ClN6O2S/c1-14-17(21)5-4-6-18(14)30(28,29)26-9-7-25(8-10-26)19-11-20(23-12-22-19)27-13-24-15(2)16(27)3/h4-6,11-13H,7-10H2,1-3H3. The van der Waals surface area contributed by atoms with Gasteiger partial charge in [-0.3, -0.25) is 4.57 Å². The summed E-state index contributed by atoms with van der Waals surface area (Å²) in [6.07, 6.45) is 3.27. The largest absolute Gasteiger partial charge is 0.354 e. The lowest BCUT2D eigenvalue weighted by Gasteiger charge is -2.35. The Morgan fingerprint density at radius 3 is 2.33 bits per heavy atom. The predicted octanol–water partition coefficient (Wildman–Crippen LogP) is 2.75. The van der Waals surface area contributed by atoms with Crippen molar-refractivity contribution in [2.75, 3.05) is 31.1 Å². The number of rotatable bonds is 4. The molecule has 158 valence electrons. The minimum atomic E-state index is -3.60. The SMILES string of the molecule is Cc1ncn(-c2cc(N3CCN(S(=O)(=O)c4cccc(Cl)c4C)CC3)ncn2)c1C. The van der Waals surface area contributed by atoms with Crippen molar-refractivity contribution >= 4 is 27.4 Å². The number of nitrogens with zero attached hydrogens (tertiary/aromatic N) is 6. The summed E-state index contributed by atoms with van der Waals surface area (Å²) in [6, 6.07) is 6.87. The Morgan fingerprint density at radius 1 is 0.967 bits per heavy atom. The summed E-state index contributed by atoms with van der Waals surface area (Å²) >= 11 is 6.13. The molecule has 1 saturated heterocycles. The van der Waals surface area contributed by atoms with Gasteiger partial charge in [-0.15, -0.1) is 0 Å². The molecule has 0 bridgehead atoms. The molecule has 2 aromatic heterocycles. The number of benzene rings is 1. The van der Waals surface area contributed by atoms with Gasteiger partial charge in [0.05, 0.1) is 10.6 Å². The van der Waals surface area contributed by atoms with Gasteiger partial charge in [-0.1, -0.05) is 17.7 Å². The molecule has 4 rings (SSSR count). The Labute approximate surface area is 181 Å². The number of aromatic nitrogens is 4. The monoisotopic (exact) mass is 446 g/mol. The van der Waals surface area contributed by atoms with E-state index in [1.54, 1.807) is 31.5 Å². The van der Waals surface area contributed by atoms with Crippen molar-refractivity contribution in [3.63, 3.8) is 0 Å². The Hall–Kier alpha value is -2.49. The van der Waals surface area contributed by atoms with Crippen molar-refractivity contribution < 1.29 is 8.42 Å². The zero-order valence-corrected chi connectivity index (χ0v) is 18.7. The second-order valence-electron chi connectivity index (χ2n) is 7.27. The van der Waals surface area contributed by atoms with Crippen LogP contribution in [0.1, 0.15) is 17.0 Å². The first-order valence-corrected chi connectivity index (χ1v) is 11.4. The average molecular weight is 447 g/mol. The second kappa shape index (κ2) is 7.98. The zero-order chi connectivity index (χ0) is 21.5. The van der Waals surface area contributed by atoms with E-state index in [4.69, 9.17) is 11.6 Å². The number of piperazine rings is 1. The van der Waals surface area contributed by atoms with E-state index in [-0.39, 0.29) is 4.90 Å². The fraction of sp³-hybridized carbons (Fsp3) is 0.350. The first-order chi connectivity index (χ1) is 14.3. The van der Waals surface area contributed by atoms with Crippen LogP contribution in [0.4, 0.5) is 5.82 Å². The molecule has 30 heavy (non-hydrogen) atoms. The van der Waals surface area contributed by atoms with E-state index in [1.165, 1.54) is 10.6 Å². The fourth-order valence-electron chi connectivity index (χ4n) is 3.54. The van der Waals surface area contributed by atoms with Crippen LogP contribution in [-0.4, -0.2) is 58.4 Å². The minimum Gasteiger partial charge on any atom is -0.354 e. The summed E-state index contributed by atoms with van der Waals surface area (Å²) in [4.78, 5) is 15.4. The summed E-state index contributed by atoms with van der Waals surface area (Å²) in [7, 11) is -3.60. The molecule has 0 radical (unpaired) electrons. The third-order valence-electron chi connectivity index (χ3n) is 5.54. The summed E-state index contributed by atoms with van der Waals surface area (Å²) in [6.45, 7) is 7.50. The number of sulfonamides is 1. The summed E-state index contributed by atoms with van der Waals surface area (Å²) in [5, 5.41) is 0.452. The Balaban J connectivity index is 1.52. The molecule has 0 N–H and O–H groups in total. The third kappa shape index (κ3) is 3.68. The van der Waals surface area contributed by atoms with Crippen LogP contribution in [0.5, 0.6) is 0 Å². The van der Waals surface area contributed by atoms with E-state index < -0.39 is 10.0 Å². The zero-order valence-electron chi connectivity index (χ0n) is 17.1. The molecule has 3 heterocycles. The molecule has 10 heteroatoms. The highest BCUT2D eigenvalue weighted by atomic mass is 35.5. The van der Waals surface area contributed by atoms with Gasteiger partial charge in [0.1, 0.15) is 24.3 Å². The number of aryl methyl sites for hydroxylation is 1. The number of imidazole rings is 1. The fourth-order valence-corrected chi connectivity index (χ4v) is 5.44. The minimum absolute atomic E-state index is 0.263. The molecule has 1 aromatic carbocycles. The molecule has 0 spiro atoms. The summed E-state index contributed by atoms with van der Waals surface area (Å²) in [5.41, 5.74) is 2.55. The van der Waals surface area contributed by atoms with E-state index >= 15 is 0 Å². The van der Waals surface area contributed by atoms with Crippen molar-refractivity contribution in [3.05, 3.63) is 58.9 Å². The quantitative estimate of drug-likeness (QED) is 0.612. The van der Waals surface area contributed by atoms with Crippen LogP contribution in [0, 0.1) is 20.8 Å². The van der Waals surface area contributed by atoms with Crippen LogP contribution in [-0.2, 0) is 10.0 Å². The number of hydrogen-bond acceptors (Lipinski definition) is 6. The maximum atomic E-state index is 13.1. The molecule has 1 aliphatic rings. The number of anilines is 1. The molecule has 0 amide bonds. The van der Waals surface area contributed by atoms with E-state index in [1.807, 2.05) is 24.5 Å².